The number of rotatable bonds is 0. The largest absolute Gasteiger partial charge is 0.358 e. The van der Waals surface area contributed by atoms with Gasteiger partial charge >= 0.3 is 0 Å². The SMILES string of the molecule is Cc1cc2c([nH]1)/C=C1\C(=O)Nc3cnc(cc31)-c1cn[nH]c1CNCCN(C)C2=O. The standard InChI is InChI=1S/C21H21N7O2/c1-11-5-14-17(25-11)7-13-12-6-16(23-10-18(12)26-20(13)29)15-8-24-27-19(15)9-22-3-4-28(2)21(14)30/h5-8,10,22,25H,3-4,9H2,1-2H3,(H,24,27)(H,26,29)/b13-7-. The van der Waals surface area contributed by atoms with Gasteiger partial charge in [-0.2, -0.15) is 5.10 Å². The monoisotopic (exact) mass is 403 g/mol. The lowest BCUT2D eigenvalue weighted by atomic mass is 10.0. The number of hydrogen-bond acceptors (Lipinski definition) is 5. The number of nitrogens with one attached hydrogen (secondary N) is 4. The highest BCUT2D eigenvalue weighted by molar-refractivity contribution is 6.35. The number of amides is 2. The zero-order valence-corrected chi connectivity index (χ0v) is 16.7. The molecule has 9 heteroatoms. The Balaban J connectivity index is 1.70. The molecule has 30 heavy (non-hydrogen) atoms. The third-order valence-electron chi connectivity index (χ3n) is 5.46. The fourth-order valence-electron chi connectivity index (χ4n) is 3.86. The first-order valence-corrected chi connectivity index (χ1v) is 9.73. The molecule has 2 aliphatic heterocycles. The molecule has 152 valence electrons. The van der Waals surface area contributed by atoms with Crippen LogP contribution in [0.15, 0.2) is 24.5 Å². The molecule has 0 spiro atoms. The molecule has 3 aromatic rings. The minimum absolute atomic E-state index is 0.0980. The van der Waals surface area contributed by atoms with Crippen molar-refractivity contribution in [2.45, 2.75) is 13.5 Å². The third kappa shape index (κ3) is 3.00. The molecule has 2 aliphatic rings. The highest BCUT2D eigenvalue weighted by atomic mass is 16.2. The molecule has 0 aromatic carbocycles. The summed E-state index contributed by atoms with van der Waals surface area (Å²) in [5.41, 5.74) is 6.41. The van der Waals surface area contributed by atoms with E-state index in [2.05, 4.69) is 30.8 Å². The maximum atomic E-state index is 13.0. The fraction of sp³-hybridized carbons (Fsp3) is 0.238. The van der Waals surface area contributed by atoms with Crippen LogP contribution < -0.4 is 10.6 Å². The fourth-order valence-corrected chi connectivity index (χ4v) is 3.86. The van der Waals surface area contributed by atoms with E-state index in [1.54, 1.807) is 30.4 Å². The Hall–Kier alpha value is -3.72. The van der Waals surface area contributed by atoms with Crippen LogP contribution in [0, 0.1) is 6.92 Å². The molecular formula is C21H21N7O2. The zero-order valence-electron chi connectivity index (χ0n) is 16.7. The Morgan fingerprint density at radius 3 is 2.83 bits per heavy atom. The molecule has 9 nitrogen and oxygen atoms in total. The number of anilines is 1. The molecule has 0 radical (unpaired) electrons. The Kier molecular flexibility index (Phi) is 4.25. The molecule has 0 unspecified atom stereocenters. The number of carbonyl (C=O) groups is 2. The van der Waals surface area contributed by atoms with E-state index in [4.69, 9.17) is 0 Å². The number of carbonyl (C=O) groups excluding carboxylic acids is 2. The van der Waals surface area contributed by atoms with E-state index >= 15 is 0 Å². The molecular weight excluding hydrogens is 382 g/mol. The predicted molar refractivity (Wildman–Crippen MR) is 113 cm³/mol. The second-order valence-corrected chi connectivity index (χ2v) is 7.57. The average molecular weight is 403 g/mol. The number of aromatic amines is 2. The third-order valence-corrected chi connectivity index (χ3v) is 5.46. The summed E-state index contributed by atoms with van der Waals surface area (Å²) in [5.74, 6) is -0.319. The van der Waals surface area contributed by atoms with Crippen molar-refractivity contribution in [3.63, 3.8) is 0 Å². The van der Waals surface area contributed by atoms with E-state index in [1.165, 1.54) is 0 Å². The minimum atomic E-state index is -0.221. The first-order chi connectivity index (χ1) is 14.5. The van der Waals surface area contributed by atoms with E-state index in [0.717, 1.165) is 28.2 Å². The van der Waals surface area contributed by atoms with Crippen LogP contribution in [0.3, 0.4) is 0 Å². The van der Waals surface area contributed by atoms with Gasteiger partial charge in [-0.3, -0.25) is 19.7 Å². The van der Waals surface area contributed by atoms with Crippen molar-refractivity contribution in [2.24, 2.45) is 0 Å². The van der Waals surface area contributed by atoms with Crippen molar-refractivity contribution < 1.29 is 9.59 Å². The van der Waals surface area contributed by atoms with Crippen LogP contribution in [0.4, 0.5) is 5.69 Å². The molecule has 0 saturated heterocycles. The van der Waals surface area contributed by atoms with E-state index in [1.807, 2.05) is 19.1 Å². The molecule has 5 heterocycles. The van der Waals surface area contributed by atoms with Crippen molar-refractivity contribution in [1.29, 1.82) is 0 Å². The summed E-state index contributed by atoms with van der Waals surface area (Å²) in [6.45, 7) is 3.62. The van der Waals surface area contributed by atoms with Gasteiger partial charge in [0.15, 0.2) is 0 Å². The van der Waals surface area contributed by atoms with Crippen LogP contribution in [-0.2, 0) is 11.3 Å². The van der Waals surface area contributed by atoms with Crippen molar-refractivity contribution in [3.8, 4) is 11.3 Å². The molecule has 2 amide bonds. The van der Waals surface area contributed by atoms with E-state index in [-0.39, 0.29) is 11.8 Å². The summed E-state index contributed by atoms with van der Waals surface area (Å²) < 4.78 is 0. The van der Waals surface area contributed by atoms with Gasteiger partial charge in [0.25, 0.3) is 11.8 Å². The van der Waals surface area contributed by atoms with E-state index in [0.29, 0.717) is 42.2 Å². The molecule has 4 N–H and O–H groups in total. The summed E-state index contributed by atoms with van der Waals surface area (Å²) in [6, 6.07) is 3.70. The molecule has 0 aliphatic carbocycles. The highest BCUT2D eigenvalue weighted by Gasteiger charge is 2.27. The molecule has 0 fully saturated rings. The average Bonchev–Trinajstić information content (AvgIpc) is 3.41. The normalized spacial score (nSPS) is 18.1. The first-order valence-electron chi connectivity index (χ1n) is 9.73. The number of aromatic nitrogens is 4. The van der Waals surface area contributed by atoms with Gasteiger partial charge in [-0.25, -0.2) is 0 Å². The lowest BCUT2D eigenvalue weighted by molar-refractivity contribution is -0.110. The summed E-state index contributed by atoms with van der Waals surface area (Å²) >= 11 is 0. The second-order valence-electron chi connectivity index (χ2n) is 7.57. The van der Waals surface area contributed by atoms with E-state index in [9.17, 15) is 9.59 Å². The Bertz CT molecular complexity index is 1200. The quantitative estimate of drug-likeness (QED) is 0.456. The van der Waals surface area contributed by atoms with Gasteiger partial charge in [0, 0.05) is 43.5 Å². The van der Waals surface area contributed by atoms with Gasteiger partial charge in [0.1, 0.15) is 0 Å². The van der Waals surface area contributed by atoms with Crippen molar-refractivity contribution in [2.75, 3.05) is 25.5 Å². The number of pyridine rings is 1. The summed E-state index contributed by atoms with van der Waals surface area (Å²) in [6.07, 6.45) is 5.14. The van der Waals surface area contributed by atoms with Gasteiger partial charge in [0.2, 0.25) is 0 Å². The minimum Gasteiger partial charge on any atom is -0.358 e. The lowest BCUT2D eigenvalue weighted by Crippen LogP contribution is -2.34. The predicted octanol–water partition coefficient (Wildman–Crippen LogP) is 1.78. The summed E-state index contributed by atoms with van der Waals surface area (Å²) in [4.78, 5) is 35.1. The molecule has 3 aromatic heterocycles. The molecule has 0 atom stereocenters. The smallest absolute Gasteiger partial charge is 0.256 e. The number of nitrogens with zero attached hydrogens (tertiary/aromatic N) is 3. The number of aryl methyl sites for hydroxylation is 1. The van der Waals surface area contributed by atoms with Crippen molar-refractivity contribution >= 4 is 29.2 Å². The Morgan fingerprint density at radius 1 is 1.10 bits per heavy atom. The van der Waals surface area contributed by atoms with E-state index < -0.39 is 0 Å². The van der Waals surface area contributed by atoms with Gasteiger partial charge in [-0.15, -0.1) is 0 Å². The van der Waals surface area contributed by atoms with Crippen LogP contribution >= 0.6 is 0 Å². The van der Waals surface area contributed by atoms with Gasteiger partial charge < -0.3 is 20.5 Å². The van der Waals surface area contributed by atoms with Crippen LogP contribution in [0.5, 0.6) is 0 Å². The van der Waals surface area contributed by atoms with Crippen LogP contribution in [-0.4, -0.2) is 57.0 Å². The topological polar surface area (TPSA) is 119 Å². The van der Waals surface area contributed by atoms with Crippen LogP contribution in [0.1, 0.15) is 33.0 Å². The Labute approximate surface area is 172 Å². The van der Waals surface area contributed by atoms with Crippen molar-refractivity contribution in [3.05, 3.63) is 52.7 Å². The number of hydrogen-bond donors (Lipinski definition) is 4. The lowest BCUT2D eigenvalue weighted by Gasteiger charge is -2.17. The van der Waals surface area contributed by atoms with Crippen molar-refractivity contribution in [1.82, 2.24) is 30.4 Å². The van der Waals surface area contributed by atoms with Gasteiger partial charge in [-0.1, -0.05) is 0 Å². The zero-order chi connectivity index (χ0) is 20.8. The molecule has 5 rings (SSSR count). The number of fused-ring (bicyclic) bond motifs is 4. The molecule has 2 bridgehead atoms. The van der Waals surface area contributed by atoms with Crippen LogP contribution in [0.25, 0.3) is 22.9 Å². The maximum absolute atomic E-state index is 13.0. The highest BCUT2D eigenvalue weighted by Crippen LogP contribution is 2.36. The molecule has 0 saturated carbocycles. The summed E-state index contributed by atoms with van der Waals surface area (Å²) in [5, 5.41) is 13.4. The second kappa shape index (κ2) is 6.96. The van der Waals surface area contributed by atoms with Gasteiger partial charge in [-0.05, 0) is 25.1 Å². The number of likely N-dealkylation sites (N-methyl/N-ethyl adjacent to an activating group) is 1. The maximum Gasteiger partial charge on any atom is 0.256 e. The Morgan fingerprint density at radius 2 is 1.97 bits per heavy atom. The first kappa shape index (κ1) is 18.3. The number of H-pyrrole nitrogens is 2. The van der Waals surface area contributed by atoms with Crippen LogP contribution in [0.2, 0.25) is 0 Å². The summed E-state index contributed by atoms with van der Waals surface area (Å²) in [7, 11) is 1.77. The van der Waals surface area contributed by atoms with Gasteiger partial charge in [0.05, 0.1) is 46.3 Å².